The SMILES string of the molecule is C/C(=C\c1c(C)nc2sc(C(=O)N(C)CC(C)(C)C)c(C)n12)CNC[C@H]1CCCO1. The Hall–Kier alpha value is -1.70. The Morgan fingerprint density at radius 3 is 2.77 bits per heavy atom. The first-order valence-corrected chi connectivity index (χ1v) is 11.6. The number of hydrogen-bond donors (Lipinski definition) is 1. The molecule has 1 atom stereocenters. The Labute approximate surface area is 184 Å². The van der Waals surface area contributed by atoms with E-state index in [-0.39, 0.29) is 11.3 Å². The molecule has 166 valence electrons. The third kappa shape index (κ3) is 5.31. The molecule has 0 unspecified atom stereocenters. The van der Waals surface area contributed by atoms with Gasteiger partial charge in [0.25, 0.3) is 5.91 Å². The van der Waals surface area contributed by atoms with Gasteiger partial charge in [0.1, 0.15) is 4.88 Å². The van der Waals surface area contributed by atoms with E-state index in [1.165, 1.54) is 16.9 Å². The normalized spacial score (nSPS) is 17.8. The van der Waals surface area contributed by atoms with E-state index in [0.29, 0.717) is 12.6 Å². The van der Waals surface area contributed by atoms with E-state index < -0.39 is 0 Å². The minimum Gasteiger partial charge on any atom is -0.377 e. The van der Waals surface area contributed by atoms with Crippen LogP contribution in [-0.2, 0) is 4.74 Å². The first kappa shape index (κ1) is 23.0. The van der Waals surface area contributed by atoms with Gasteiger partial charge in [0.15, 0.2) is 4.96 Å². The first-order chi connectivity index (χ1) is 14.1. The molecule has 0 spiro atoms. The number of imidazole rings is 1. The standard InChI is InChI=1S/C23H36N4O2S/c1-15(12-24-13-18-9-8-10-29-18)11-19-16(2)25-22-27(19)17(3)20(30-22)21(28)26(7)14-23(4,5)6/h11,18,24H,8-10,12-14H2,1-7H3/b15-11+/t18-/m1/s1. The van der Waals surface area contributed by atoms with Gasteiger partial charge in [0, 0.05) is 39.0 Å². The van der Waals surface area contributed by atoms with Gasteiger partial charge in [-0.15, -0.1) is 0 Å². The van der Waals surface area contributed by atoms with Crippen LogP contribution in [0.3, 0.4) is 0 Å². The fourth-order valence-corrected chi connectivity index (χ4v) is 5.19. The summed E-state index contributed by atoms with van der Waals surface area (Å²) in [6.07, 6.45) is 4.84. The molecule has 0 aliphatic carbocycles. The summed E-state index contributed by atoms with van der Waals surface area (Å²) in [6, 6.07) is 0. The quantitative estimate of drug-likeness (QED) is 0.709. The highest BCUT2D eigenvalue weighted by Gasteiger charge is 2.25. The fourth-order valence-electron chi connectivity index (χ4n) is 4.02. The summed E-state index contributed by atoms with van der Waals surface area (Å²) < 4.78 is 7.80. The van der Waals surface area contributed by atoms with Crippen LogP contribution < -0.4 is 5.32 Å². The van der Waals surface area contributed by atoms with Crippen LogP contribution in [0, 0.1) is 19.3 Å². The second-order valence-corrected chi connectivity index (χ2v) is 10.7. The van der Waals surface area contributed by atoms with E-state index in [1.807, 2.05) is 25.8 Å². The van der Waals surface area contributed by atoms with Gasteiger partial charge in [-0.05, 0) is 45.1 Å². The second kappa shape index (κ2) is 9.20. The lowest BCUT2D eigenvalue weighted by Crippen LogP contribution is -2.34. The predicted octanol–water partition coefficient (Wildman–Crippen LogP) is 4.30. The Balaban J connectivity index is 1.78. The number of aromatic nitrogens is 2. The van der Waals surface area contributed by atoms with Crippen LogP contribution in [0.2, 0.25) is 0 Å². The Morgan fingerprint density at radius 2 is 2.13 bits per heavy atom. The zero-order chi connectivity index (χ0) is 22.1. The largest absolute Gasteiger partial charge is 0.377 e. The van der Waals surface area contributed by atoms with Crippen molar-refractivity contribution >= 4 is 28.3 Å². The number of nitrogens with one attached hydrogen (secondary N) is 1. The molecule has 3 heterocycles. The number of aryl methyl sites for hydroxylation is 2. The van der Waals surface area contributed by atoms with Crippen LogP contribution in [0.4, 0.5) is 0 Å². The van der Waals surface area contributed by atoms with Crippen molar-refractivity contribution in [1.82, 2.24) is 19.6 Å². The number of carbonyl (C=O) groups is 1. The van der Waals surface area contributed by atoms with Crippen molar-refractivity contribution in [2.75, 3.05) is 33.3 Å². The second-order valence-electron chi connectivity index (χ2n) is 9.70. The lowest BCUT2D eigenvalue weighted by molar-refractivity contribution is 0.0749. The number of amides is 1. The summed E-state index contributed by atoms with van der Waals surface area (Å²) in [5.41, 5.74) is 4.32. The van der Waals surface area contributed by atoms with Crippen molar-refractivity contribution in [1.29, 1.82) is 0 Å². The van der Waals surface area contributed by atoms with E-state index in [9.17, 15) is 4.79 Å². The molecule has 1 aliphatic rings. The monoisotopic (exact) mass is 432 g/mol. The number of rotatable bonds is 7. The van der Waals surface area contributed by atoms with Crippen LogP contribution in [0.25, 0.3) is 11.0 Å². The number of hydrogen-bond acceptors (Lipinski definition) is 5. The van der Waals surface area contributed by atoms with Crippen LogP contribution in [0.5, 0.6) is 0 Å². The molecule has 0 radical (unpaired) electrons. The zero-order valence-electron chi connectivity index (χ0n) is 19.5. The lowest BCUT2D eigenvalue weighted by Gasteiger charge is -2.26. The fraction of sp³-hybridized carbons (Fsp3) is 0.652. The van der Waals surface area contributed by atoms with Crippen molar-refractivity contribution in [2.24, 2.45) is 5.41 Å². The van der Waals surface area contributed by atoms with Crippen molar-refractivity contribution in [3.8, 4) is 0 Å². The maximum atomic E-state index is 13.1. The van der Waals surface area contributed by atoms with Crippen molar-refractivity contribution in [2.45, 2.75) is 60.5 Å². The molecule has 0 bridgehead atoms. The Bertz CT molecular complexity index is 929. The molecule has 3 rings (SSSR count). The molecule has 1 fully saturated rings. The Kier molecular flexibility index (Phi) is 7.05. The summed E-state index contributed by atoms with van der Waals surface area (Å²) in [4.78, 5) is 21.3. The average molecular weight is 433 g/mol. The molecule has 1 N–H and O–H groups in total. The summed E-state index contributed by atoms with van der Waals surface area (Å²) >= 11 is 1.48. The number of carbonyl (C=O) groups excluding carboxylic acids is 1. The van der Waals surface area contributed by atoms with Gasteiger partial charge >= 0.3 is 0 Å². The number of thiazole rings is 1. The molecule has 1 aliphatic heterocycles. The van der Waals surface area contributed by atoms with Crippen LogP contribution in [0.15, 0.2) is 5.57 Å². The summed E-state index contributed by atoms with van der Waals surface area (Å²) in [7, 11) is 1.88. The smallest absolute Gasteiger partial charge is 0.265 e. The summed E-state index contributed by atoms with van der Waals surface area (Å²) in [6.45, 7) is 15.9. The van der Waals surface area contributed by atoms with E-state index in [2.05, 4.69) is 43.5 Å². The van der Waals surface area contributed by atoms with Gasteiger partial charge in [-0.3, -0.25) is 9.20 Å². The van der Waals surface area contributed by atoms with Gasteiger partial charge in [-0.1, -0.05) is 37.7 Å². The minimum atomic E-state index is 0.0634. The molecular weight excluding hydrogens is 396 g/mol. The van der Waals surface area contributed by atoms with Gasteiger partial charge in [0.05, 0.1) is 17.5 Å². The maximum absolute atomic E-state index is 13.1. The first-order valence-electron chi connectivity index (χ1n) is 10.8. The van der Waals surface area contributed by atoms with Gasteiger partial charge in [0.2, 0.25) is 0 Å². The Morgan fingerprint density at radius 1 is 1.40 bits per heavy atom. The highest BCUT2D eigenvalue weighted by Crippen LogP contribution is 2.29. The third-order valence-electron chi connectivity index (χ3n) is 5.36. The van der Waals surface area contributed by atoms with Crippen LogP contribution in [0.1, 0.15) is 67.3 Å². The van der Waals surface area contributed by atoms with E-state index >= 15 is 0 Å². The van der Waals surface area contributed by atoms with E-state index in [4.69, 9.17) is 9.72 Å². The zero-order valence-corrected chi connectivity index (χ0v) is 20.3. The third-order valence-corrected chi connectivity index (χ3v) is 6.49. The highest BCUT2D eigenvalue weighted by atomic mass is 32.1. The summed E-state index contributed by atoms with van der Waals surface area (Å²) in [5, 5.41) is 3.50. The topological polar surface area (TPSA) is 58.9 Å². The van der Waals surface area contributed by atoms with Crippen molar-refractivity contribution < 1.29 is 9.53 Å². The molecular formula is C23H36N4O2S. The lowest BCUT2D eigenvalue weighted by atomic mass is 9.96. The van der Waals surface area contributed by atoms with E-state index in [1.54, 1.807) is 0 Å². The number of nitrogens with zero attached hydrogens (tertiary/aromatic N) is 3. The van der Waals surface area contributed by atoms with Crippen LogP contribution in [-0.4, -0.2) is 59.6 Å². The molecule has 30 heavy (non-hydrogen) atoms. The molecule has 6 nitrogen and oxygen atoms in total. The maximum Gasteiger partial charge on any atom is 0.265 e. The molecule has 0 saturated carbocycles. The van der Waals surface area contributed by atoms with Crippen LogP contribution >= 0.6 is 11.3 Å². The van der Waals surface area contributed by atoms with Gasteiger partial charge in [-0.2, -0.15) is 0 Å². The molecule has 2 aromatic heterocycles. The highest BCUT2D eigenvalue weighted by molar-refractivity contribution is 7.19. The van der Waals surface area contributed by atoms with Gasteiger partial charge in [-0.25, -0.2) is 4.98 Å². The predicted molar refractivity (Wildman–Crippen MR) is 124 cm³/mol. The number of ether oxygens (including phenoxy) is 1. The van der Waals surface area contributed by atoms with Crippen molar-refractivity contribution in [3.05, 3.63) is 27.5 Å². The van der Waals surface area contributed by atoms with E-state index in [0.717, 1.165) is 59.5 Å². The molecule has 0 aromatic carbocycles. The molecule has 7 heteroatoms. The minimum absolute atomic E-state index is 0.0634. The molecule has 2 aromatic rings. The van der Waals surface area contributed by atoms with Gasteiger partial charge < -0.3 is 15.0 Å². The summed E-state index contributed by atoms with van der Waals surface area (Å²) in [5.74, 6) is 0.0699. The van der Waals surface area contributed by atoms with Crippen molar-refractivity contribution in [3.63, 3.8) is 0 Å². The number of fused-ring (bicyclic) bond motifs is 1. The average Bonchev–Trinajstić information content (AvgIpc) is 3.33. The molecule has 1 saturated heterocycles. The molecule has 1 amide bonds.